The summed E-state index contributed by atoms with van der Waals surface area (Å²) in [6.07, 6.45) is 0. The summed E-state index contributed by atoms with van der Waals surface area (Å²) in [6.45, 7) is 3.97. The van der Waals surface area contributed by atoms with Crippen LogP contribution in [0.3, 0.4) is 0 Å². The smallest absolute Gasteiger partial charge is 0.326 e. The number of rotatable bonds is 7. The second kappa shape index (κ2) is 11.0. The van der Waals surface area contributed by atoms with Crippen molar-refractivity contribution in [2.45, 2.75) is 27.7 Å². The van der Waals surface area contributed by atoms with E-state index in [4.69, 9.17) is 0 Å². The van der Waals surface area contributed by atoms with Crippen LogP contribution in [0.25, 0.3) is 0 Å². The Bertz CT molecular complexity index is 321. The number of carbonyl (C=O) groups excluding carboxylic acids is 4. The molecule has 0 saturated carbocycles. The van der Waals surface area contributed by atoms with Crippen LogP contribution < -0.4 is 0 Å². The van der Waals surface area contributed by atoms with E-state index in [1.807, 2.05) is 0 Å². The van der Waals surface area contributed by atoms with Gasteiger partial charge < -0.3 is 19.4 Å². The fraction of sp³-hybridized carbons (Fsp3) is 0.600. The third kappa shape index (κ3) is 13.1. The topological polar surface area (TPSA) is 112 Å². The van der Waals surface area contributed by atoms with E-state index in [1.165, 1.54) is 0 Å². The van der Waals surface area contributed by atoms with Crippen LogP contribution in [0.5, 0.6) is 0 Å². The second-order valence-corrected chi connectivity index (χ2v) is 3.44. The monoisotopic (exact) mass is 355 g/mol. The maximum absolute atomic E-state index is 10.8. The van der Waals surface area contributed by atoms with Crippen LogP contribution in [0, 0.1) is 0 Å². The zero-order chi connectivity index (χ0) is 15.7. The Morgan fingerprint density at radius 3 is 0.952 bits per heavy atom. The predicted molar refractivity (Wildman–Crippen MR) is 60.5 cm³/mol. The number of hydrogen-bond acceptors (Lipinski definition) is 10. The molecule has 0 spiro atoms. The molecule has 0 bridgehead atoms. The van der Waals surface area contributed by atoms with Crippen LogP contribution in [0.1, 0.15) is 27.7 Å². The van der Waals surface area contributed by atoms with Gasteiger partial charge in [-0.05, 0) is 0 Å². The van der Waals surface area contributed by atoms with Crippen molar-refractivity contribution in [1.82, 2.24) is 10.5 Å². The van der Waals surface area contributed by atoms with Crippen LogP contribution >= 0.6 is 0 Å². The standard InChI is InChI=1S/C10H16N2O8.Cu/c1-7(13)17-11(18-8(2)14)5-6-12(19-9(3)15)20-10(4)16;/h5-6H2,1-4H3;. The zero-order valence-electron chi connectivity index (χ0n) is 11.9. The van der Waals surface area contributed by atoms with Crippen molar-refractivity contribution in [3.05, 3.63) is 0 Å². The minimum absolute atomic E-state index is 0. The van der Waals surface area contributed by atoms with Crippen molar-refractivity contribution in [2.24, 2.45) is 0 Å². The van der Waals surface area contributed by atoms with Gasteiger partial charge in [-0.25, -0.2) is 0 Å². The molecule has 0 heterocycles. The van der Waals surface area contributed by atoms with Gasteiger partial charge in [-0.15, -0.1) is 0 Å². The van der Waals surface area contributed by atoms with Gasteiger partial charge in [-0.3, -0.25) is 19.2 Å². The fourth-order valence-electron chi connectivity index (χ4n) is 0.957. The summed E-state index contributed by atoms with van der Waals surface area (Å²) in [5.41, 5.74) is 0. The summed E-state index contributed by atoms with van der Waals surface area (Å²) in [4.78, 5) is 61.4. The maximum atomic E-state index is 10.8. The molecule has 0 aliphatic carbocycles. The van der Waals surface area contributed by atoms with Crippen molar-refractivity contribution in [1.29, 1.82) is 0 Å². The molecule has 11 heteroatoms. The number of nitrogens with zero attached hydrogens (tertiary/aromatic N) is 2. The van der Waals surface area contributed by atoms with E-state index in [1.54, 1.807) is 0 Å². The first-order chi connectivity index (χ1) is 9.20. The summed E-state index contributed by atoms with van der Waals surface area (Å²) < 4.78 is 0. The molecule has 0 aromatic carbocycles. The number of hydroxylamine groups is 4. The molecule has 0 atom stereocenters. The minimum Gasteiger partial charge on any atom is -0.333 e. The Hall–Kier alpha value is -1.68. The van der Waals surface area contributed by atoms with Crippen molar-refractivity contribution in [2.75, 3.05) is 13.1 Å². The SMILES string of the molecule is CC(=O)ON(CCN(OC(C)=O)OC(C)=O)OC(C)=O.[Cu]. The van der Waals surface area contributed by atoms with Gasteiger partial charge in [0.1, 0.15) is 0 Å². The van der Waals surface area contributed by atoms with Gasteiger partial charge in [0, 0.05) is 55.2 Å². The largest absolute Gasteiger partial charge is 0.333 e. The molecule has 1 radical (unpaired) electrons. The molecule has 0 aliphatic heterocycles. The predicted octanol–water partition coefficient (Wildman–Crippen LogP) is -0.500. The summed E-state index contributed by atoms with van der Waals surface area (Å²) in [7, 11) is 0. The minimum atomic E-state index is -0.724. The summed E-state index contributed by atoms with van der Waals surface area (Å²) >= 11 is 0. The van der Waals surface area contributed by atoms with Crippen molar-refractivity contribution < 1.29 is 55.6 Å². The molecule has 0 saturated heterocycles. The van der Waals surface area contributed by atoms with E-state index < -0.39 is 23.9 Å². The molecule has 0 aliphatic rings. The van der Waals surface area contributed by atoms with Crippen LogP contribution in [-0.4, -0.2) is 47.4 Å². The Morgan fingerprint density at radius 2 is 0.810 bits per heavy atom. The average Bonchev–Trinajstić information content (AvgIpc) is 2.22. The normalized spacial score (nSPS) is 9.62. The molecular weight excluding hydrogens is 340 g/mol. The van der Waals surface area contributed by atoms with E-state index in [9.17, 15) is 19.2 Å². The molecule has 0 N–H and O–H groups in total. The molecule has 125 valence electrons. The number of hydrogen-bond donors (Lipinski definition) is 0. The van der Waals surface area contributed by atoms with Gasteiger partial charge in [-0.1, -0.05) is 0 Å². The van der Waals surface area contributed by atoms with Gasteiger partial charge in [0.25, 0.3) is 0 Å². The molecule has 0 unspecified atom stereocenters. The summed E-state index contributed by atoms with van der Waals surface area (Å²) in [5, 5.41) is 1.15. The molecular formula is C10H16CuN2O8. The second-order valence-electron chi connectivity index (χ2n) is 3.44. The first kappa shape index (κ1) is 21.6. The molecule has 0 amide bonds. The summed E-state index contributed by atoms with van der Waals surface area (Å²) in [5.74, 6) is -2.90. The summed E-state index contributed by atoms with van der Waals surface area (Å²) in [6, 6.07) is 0. The average molecular weight is 356 g/mol. The number of carbonyl (C=O) groups is 4. The van der Waals surface area contributed by atoms with E-state index >= 15 is 0 Å². The van der Waals surface area contributed by atoms with E-state index in [0.717, 1.165) is 27.7 Å². The first-order valence-corrected chi connectivity index (χ1v) is 5.50. The van der Waals surface area contributed by atoms with Gasteiger partial charge in [-0.2, -0.15) is 0 Å². The third-order valence-electron chi connectivity index (χ3n) is 1.39. The van der Waals surface area contributed by atoms with Crippen molar-refractivity contribution >= 4 is 23.9 Å². The molecule has 0 aromatic heterocycles. The molecule has 10 nitrogen and oxygen atoms in total. The molecule has 0 aromatic rings. The van der Waals surface area contributed by atoms with Crippen LogP contribution in [0.2, 0.25) is 0 Å². The Kier molecular flexibility index (Phi) is 11.4. The molecule has 0 fully saturated rings. The van der Waals surface area contributed by atoms with Crippen molar-refractivity contribution in [3.63, 3.8) is 0 Å². The van der Waals surface area contributed by atoms with Crippen LogP contribution in [0.4, 0.5) is 0 Å². The van der Waals surface area contributed by atoms with Crippen LogP contribution in [0.15, 0.2) is 0 Å². The van der Waals surface area contributed by atoms with Crippen molar-refractivity contribution in [3.8, 4) is 0 Å². The van der Waals surface area contributed by atoms with E-state index in [-0.39, 0.29) is 30.2 Å². The Labute approximate surface area is 131 Å². The maximum Gasteiger partial charge on any atom is 0.326 e. The van der Waals surface area contributed by atoms with Gasteiger partial charge >= 0.3 is 23.9 Å². The third-order valence-corrected chi connectivity index (χ3v) is 1.39. The van der Waals surface area contributed by atoms with Crippen LogP contribution in [-0.2, 0) is 55.6 Å². The first-order valence-electron chi connectivity index (χ1n) is 5.50. The Balaban J connectivity index is 0. The zero-order valence-corrected chi connectivity index (χ0v) is 12.8. The quantitative estimate of drug-likeness (QED) is 0.437. The van der Waals surface area contributed by atoms with E-state index in [2.05, 4.69) is 19.4 Å². The van der Waals surface area contributed by atoms with Gasteiger partial charge in [0.15, 0.2) is 0 Å². The van der Waals surface area contributed by atoms with Gasteiger partial charge in [0.05, 0.1) is 13.1 Å². The van der Waals surface area contributed by atoms with Gasteiger partial charge in [0.2, 0.25) is 0 Å². The Morgan fingerprint density at radius 1 is 0.619 bits per heavy atom. The van der Waals surface area contributed by atoms with E-state index in [0.29, 0.717) is 10.5 Å². The fourth-order valence-corrected chi connectivity index (χ4v) is 0.957. The molecule has 21 heavy (non-hydrogen) atoms. The molecule has 0 rings (SSSR count).